The number of carbonyl (C=O) groups is 2. The second-order valence-electron chi connectivity index (χ2n) is 12.9. The van der Waals surface area contributed by atoms with Gasteiger partial charge in [0.2, 0.25) is 0 Å². The third-order valence-corrected chi connectivity index (χ3v) is 7.89. The van der Waals surface area contributed by atoms with Gasteiger partial charge >= 0.3 is 5.97 Å². The number of hydrogen-bond acceptors (Lipinski definition) is 7. The molecule has 1 aromatic carbocycles. The lowest BCUT2D eigenvalue weighted by molar-refractivity contribution is -0.168. The number of amides is 1. The van der Waals surface area contributed by atoms with Crippen molar-refractivity contribution >= 4 is 23.2 Å². The molecule has 1 aromatic heterocycles. The quantitative estimate of drug-likeness (QED) is 0.420. The van der Waals surface area contributed by atoms with Crippen LogP contribution in [0.15, 0.2) is 29.8 Å². The van der Waals surface area contributed by atoms with Crippen LogP contribution < -0.4 is 4.74 Å². The van der Waals surface area contributed by atoms with Crippen molar-refractivity contribution in [2.45, 2.75) is 104 Å². The van der Waals surface area contributed by atoms with E-state index >= 15 is 0 Å². The van der Waals surface area contributed by atoms with Crippen molar-refractivity contribution < 1.29 is 24.2 Å². The Kier molecular flexibility index (Phi) is 8.69. The number of ether oxygens (including phenoxy) is 2. The molecule has 0 aliphatic carbocycles. The predicted octanol–water partition coefficient (Wildman–Crippen LogP) is 6.16. The van der Waals surface area contributed by atoms with E-state index in [1.807, 2.05) is 46.1 Å². The standard InChI is InChI=1S/C30H44N2O5S/c1-18(2)16-30(27(35)37-29(7,8)9)17-21(19(3)33)24(25-31-13-14-38-25)32(30)26(34)20-11-12-22(28(4,5)6)23(15-20)36-10/h11-15,18-19,21,24,33H,16-17H2,1-10H3/t19?,21-,24+,30-/m0/s1. The van der Waals surface area contributed by atoms with E-state index in [0.29, 0.717) is 22.7 Å². The number of carbonyl (C=O) groups excluding carboxylic acids is 2. The summed E-state index contributed by atoms with van der Waals surface area (Å²) < 4.78 is 11.7. The largest absolute Gasteiger partial charge is 0.496 e. The molecule has 38 heavy (non-hydrogen) atoms. The Morgan fingerprint density at radius 2 is 1.84 bits per heavy atom. The van der Waals surface area contributed by atoms with E-state index in [4.69, 9.17) is 9.47 Å². The lowest BCUT2D eigenvalue weighted by atomic mass is 9.82. The molecule has 2 heterocycles. The maximum atomic E-state index is 14.6. The molecule has 1 aliphatic heterocycles. The first-order valence-corrected chi connectivity index (χ1v) is 14.2. The minimum atomic E-state index is -1.27. The zero-order valence-electron chi connectivity index (χ0n) is 24.5. The van der Waals surface area contributed by atoms with Crippen LogP contribution in [0.5, 0.6) is 5.75 Å². The van der Waals surface area contributed by atoms with Crippen LogP contribution in [0.2, 0.25) is 0 Å². The maximum Gasteiger partial charge on any atom is 0.332 e. The van der Waals surface area contributed by atoms with Crippen LogP contribution >= 0.6 is 11.3 Å². The molecule has 4 atom stereocenters. The maximum absolute atomic E-state index is 14.6. The number of rotatable bonds is 7. The molecule has 1 amide bonds. The molecular formula is C30H44N2O5S. The molecule has 0 bridgehead atoms. The summed E-state index contributed by atoms with van der Waals surface area (Å²) in [5.41, 5.74) is -0.796. The van der Waals surface area contributed by atoms with E-state index in [0.717, 1.165) is 5.56 Å². The van der Waals surface area contributed by atoms with E-state index in [9.17, 15) is 14.7 Å². The molecule has 8 heteroatoms. The molecule has 3 rings (SSSR count). The highest BCUT2D eigenvalue weighted by molar-refractivity contribution is 7.09. The van der Waals surface area contributed by atoms with E-state index < -0.39 is 35.2 Å². The summed E-state index contributed by atoms with van der Waals surface area (Å²) in [5.74, 6) is -0.451. The molecule has 1 saturated heterocycles. The third-order valence-electron chi connectivity index (χ3n) is 7.04. The van der Waals surface area contributed by atoms with Gasteiger partial charge in [0.25, 0.3) is 5.91 Å². The number of aliphatic hydroxyl groups excluding tert-OH is 1. The average molecular weight is 545 g/mol. The van der Waals surface area contributed by atoms with Gasteiger partial charge in [-0.2, -0.15) is 0 Å². The van der Waals surface area contributed by atoms with Gasteiger partial charge in [0.1, 0.15) is 21.9 Å². The van der Waals surface area contributed by atoms with Crippen molar-refractivity contribution in [3.63, 3.8) is 0 Å². The Morgan fingerprint density at radius 1 is 1.18 bits per heavy atom. The summed E-state index contributed by atoms with van der Waals surface area (Å²) in [4.78, 5) is 34.9. The lowest BCUT2D eigenvalue weighted by Gasteiger charge is -2.41. The molecule has 1 fully saturated rings. The number of benzene rings is 1. The second-order valence-corrected chi connectivity index (χ2v) is 13.8. The summed E-state index contributed by atoms with van der Waals surface area (Å²) >= 11 is 1.42. The highest BCUT2D eigenvalue weighted by atomic mass is 32.1. The first kappa shape index (κ1) is 30.1. The van der Waals surface area contributed by atoms with Crippen LogP contribution in [-0.2, 0) is 14.9 Å². The van der Waals surface area contributed by atoms with Gasteiger partial charge in [-0.15, -0.1) is 11.3 Å². The van der Waals surface area contributed by atoms with E-state index in [1.165, 1.54) is 11.3 Å². The molecule has 0 radical (unpaired) electrons. The molecular weight excluding hydrogens is 500 g/mol. The normalized spacial score (nSPS) is 23.0. The van der Waals surface area contributed by atoms with E-state index in [1.54, 1.807) is 37.3 Å². The molecule has 7 nitrogen and oxygen atoms in total. The summed E-state index contributed by atoms with van der Waals surface area (Å²) in [7, 11) is 1.60. The molecule has 0 saturated carbocycles. The zero-order valence-corrected chi connectivity index (χ0v) is 25.3. The predicted molar refractivity (Wildman–Crippen MR) is 151 cm³/mol. The van der Waals surface area contributed by atoms with Crippen LogP contribution in [0.25, 0.3) is 0 Å². The van der Waals surface area contributed by atoms with Gasteiger partial charge in [0.15, 0.2) is 0 Å². The Bertz CT molecular complexity index is 1130. The first-order valence-electron chi connectivity index (χ1n) is 13.3. The van der Waals surface area contributed by atoms with Crippen molar-refractivity contribution in [3.05, 3.63) is 45.9 Å². The fourth-order valence-electron chi connectivity index (χ4n) is 5.56. The fraction of sp³-hybridized carbons (Fsp3) is 0.633. The van der Waals surface area contributed by atoms with Crippen LogP contribution in [0, 0.1) is 11.8 Å². The molecule has 210 valence electrons. The molecule has 1 aliphatic rings. The Balaban J connectivity index is 2.27. The number of aromatic nitrogens is 1. The van der Waals surface area contributed by atoms with Crippen LogP contribution in [0.1, 0.15) is 102 Å². The molecule has 2 aromatic rings. The van der Waals surface area contributed by atoms with Gasteiger partial charge in [0.05, 0.1) is 19.3 Å². The van der Waals surface area contributed by atoms with Gasteiger partial charge in [-0.05, 0) is 69.6 Å². The highest BCUT2D eigenvalue weighted by Crippen LogP contribution is 2.52. The monoisotopic (exact) mass is 544 g/mol. The van der Waals surface area contributed by atoms with Gasteiger partial charge in [-0.25, -0.2) is 9.78 Å². The Labute approximate surface area is 231 Å². The highest BCUT2D eigenvalue weighted by Gasteiger charge is 2.61. The number of aliphatic hydroxyl groups is 1. The number of hydrogen-bond donors (Lipinski definition) is 1. The van der Waals surface area contributed by atoms with E-state index in [2.05, 4.69) is 25.8 Å². The first-order chi connectivity index (χ1) is 17.5. The van der Waals surface area contributed by atoms with Crippen LogP contribution in [0.3, 0.4) is 0 Å². The Hall–Kier alpha value is -2.45. The van der Waals surface area contributed by atoms with Gasteiger partial charge in [0, 0.05) is 23.1 Å². The van der Waals surface area contributed by atoms with Crippen LogP contribution in [0.4, 0.5) is 0 Å². The topological polar surface area (TPSA) is 89.0 Å². The lowest BCUT2D eigenvalue weighted by Crippen LogP contribution is -2.56. The summed E-state index contributed by atoms with van der Waals surface area (Å²) in [6.45, 7) is 17.5. The fourth-order valence-corrected chi connectivity index (χ4v) is 6.37. The molecule has 1 N–H and O–H groups in total. The summed E-state index contributed by atoms with van der Waals surface area (Å²) in [6.07, 6.45) is 1.60. The van der Waals surface area contributed by atoms with Crippen molar-refractivity contribution in [3.8, 4) is 5.75 Å². The summed E-state index contributed by atoms with van der Waals surface area (Å²) in [6, 6.07) is 4.90. The van der Waals surface area contributed by atoms with Crippen molar-refractivity contribution in [2.24, 2.45) is 11.8 Å². The van der Waals surface area contributed by atoms with Crippen molar-refractivity contribution in [1.82, 2.24) is 9.88 Å². The smallest absolute Gasteiger partial charge is 0.332 e. The number of likely N-dealkylation sites (tertiary alicyclic amines) is 1. The number of esters is 1. The third kappa shape index (κ3) is 6.07. The minimum absolute atomic E-state index is 0.0836. The van der Waals surface area contributed by atoms with E-state index in [-0.39, 0.29) is 23.7 Å². The number of methoxy groups -OCH3 is 1. The van der Waals surface area contributed by atoms with Crippen molar-refractivity contribution in [2.75, 3.05) is 7.11 Å². The Morgan fingerprint density at radius 3 is 2.32 bits per heavy atom. The van der Waals surface area contributed by atoms with Gasteiger partial charge in [-0.1, -0.05) is 40.7 Å². The second kappa shape index (κ2) is 11.0. The van der Waals surface area contributed by atoms with Gasteiger partial charge in [-0.3, -0.25) is 4.79 Å². The zero-order chi connectivity index (χ0) is 28.6. The number of nitrogens with zero attached hydrogens (tertiary/aromatic N) is 2. The van der Waals surface area contributed by atoms with Crippen molar-refractivity contribution in [1.29, 1.82) is 0 Å². The average Bonchev–Trinajstić information content (AvgIpc) is 3.42. The molecule has 0 spiro atoms. The number of thiazole rings is 1. The SMILES string of the molecule is COc1cc(C(=O)N2[C@@H](c3nccs3)[C@H](C(C)O)C[C@@]2(CC(C)C)C(=O)OC(C)(C)C)ccc1C(C)(C)C. The molecule has 1 unspecified atom stereocenters. The minimum Gasteiger partial charge on any atom is -0.496 e. The summed E-state index contributed by atoms with van der Waals surface area (Å²) in [5, 5.41) is 13.5. The van der Waals surface area contributed by atoms with Gasteiger partial charge < -0.3 is 19.5 Å². The van der Waals surface area contributed by atoms with Crippen LogP contribution in [-0.4, -0.2) is 51.2 Å².